The van der Waals surface area contributed by atoms with Crippen molar-refractivity contribution in [1.29, 1.82) is 0 Å². The van der Waals surface area contributed by atoms with Gasteiger partial charge in [-0.1, -0.05) is 23.7 Å². The Balaban J connectivity index is 1.51. The molecule has 3 aromatic heterocycles. The summed E-state index contributed by atoms with van der Waals surface area (Å²) < 4.78 is 23.1. The van der Waals surface area contributed by atoms with Crippen molar-refractivity contribution in [2.45, 2.75) is 6.54 Å². The number of pyridine rings is 2. The van der Waals surface area contributed by atoms with Crippen LogP contribution in [0, 0.1) is 5.82 Å². The molecule has 1 aliphatic rings. The fourth-order valence-corrected chi connectivity index (χ4v) is 4.33. The van der Waals surface area contributed by atoms with Crippen molar-refractivity contribution in [1.82, 2.24) is 14.1 Å². The summed E-state index contributed by atoms with van der Waals surface area (Å²) in [5, 5.41) is 1.03. The third-order valence-electron chi connectivity index (χ3n) is 5.85. The lowest BCUT2D eigenvalue weighted by atomic mass is 10.1. The van der Waals surface area contributed by atoms with Crippen LogP contribution >= 0.6 is 11.6 Å². The van der Waals surface area contributed by atoms with Gasteiger partial charge in [0.15, 0.2) is 0 Å². The minimum atomic E-state index is -0.499. The second kappa shape index (κ2) is 8.41. The average Bonchev–Trinajstić information content (AvgIpc) is 3.14. The van der Waals surface area contributed by atoms with Crippen molar-refractivity contribution < 1.29 is 9.13 Å². The molecule has 164 valence electrons. The van der Waals surface area contributed by atoms with Crippen molar-refractivity contribution in [2.75, 3.05) is 31.2 Å². The molecule has 1 saturated heterocycles. The molecule has 4 aromatic rings. The minimum absolute atomic E-state index is 0.0477. The van der Waals surface area contributed by atoms with Gasteiger partial charge in [-0.25, -0.2) is 9.37 Å². The quantitative estimate of drug-likeness (QED) is 0.468. The molecular weight excluding hydrogens is 431 g/mol. The number of rotatable bonds is 4. The van der Waals surface area contributed by atoms with E-state index >= 15 is 0 Å². The average molecular weight is 453 g/mol. The molecule has 4 heterocycles. The number of nitrogens with zero attached hydrogens (tertiary/aromatic N) is 4. The molecule has 0 amide bonds. The van der Waals surface area contributed by atoms with Gasteiger partial charge in [0.05, 0.1) is 36.7 Å². The second-order valence-electron chi connectivity index (χ2n) is 7.91. The third kappa shape index (κ3) is 3.78. The number of aromatic nitrogens is 3. The number of halogens is 2. The predicted molar refractivity (Wildman–Crippen MR) is 124 cm³/mol. The van der Waals surface area contributed by atoms with Gasteiger partial charge in [0.25, 0.3) is 5.56 Å². The van der Waals surface area contributed by atoms with E-state index in [9.17, 15) is 9.18 Å². The summed E-state index contributed by atoms with van der Waals surface area (Å²) in [5.41, 5.74) is 3.78. The third-order valence-corrected chi connectivity index (χ3v) is 6.15. The van der Waals surface area contributed by atoms with Crippen LogP contribution in [-0.4, -0.2) is 40.4 Å². The Labute approximate surface area is 189 Å². The van der Waals surface area contributed by atoms with Crippen LogP contribution in [0.1, 0.15) is 5.56 Å². The van der Waals surface area contributed by atoms with Crippen LogP contribution in [0.4, 0.5) is 10.1 Å². The topological polar surface area (TPSA) is 52.3 Å². The van der Waals surface area contributed by atoms with Crippen molar-refractivity contribution in [3.05, 3.63) is 81.7 Å². The van der Waals surface area contributed by atoms with E-state index in [1.54, 1.807) is 24.4 Å². The van der Waals surface area contributed by atoms with Crippen LogP contribution in [0.3, 0.4) is 0 Å². The number of anilines is 1. The van der Waals surface area contributed by atoms with Crippen LogP contribution in [-0.2, 0) is 18.3 Å². The molecule has 0 unspecified atom stereocenters. The largest absolute Gasteiger partial charge is 0.378 e. The predicted octanol–water partition coefficient (Wildman–Crippen LogP) is 4.08. The van der Waals surface area contributed by atoms with Gasteiger partial charge < -0.3 is 18.8 Å². The van der Waals surface area contributed by atoms with Gasteiger partial charge in [0.1, 0.15) is 11.5 Å². The number of fused-ring (bicyclic) bond motifs is 1. The summed E-state index contributed by atoms with van der Waals surface area (Å²) in [4.78, 5) is 19.7. The molecule has 32 heavy (non-hydrogen) atoms. The Hall–Kier alpha value is -3.16. The van der Waals surface area contributed by atoms with E-state index in [0.29, 0.717) is 18.8 Å². The lowest BCUT2D eigenvalue weighted by Crippen LogP contribution is -2.36. The lowest BCUT2D eigenvalue weighted by molar-refractivity contribution is 0.122. The fourth-order valence-electron chi connectivity index (χ4n) is 4.13. The molecule has 6 nitrogen and oxygen atoms in total. The maximum absolute atomic E-state index is 14.3. The van der Waals surface area contributed by atoms with Crippen molar-refractivity contribution in [3.63, 3.8) is 0 Å². The molecule has 5 rings (SSSR count). The van der Waals surface area contributed by atoms with Gasteiger partial charge in [0, 0.05) is 55.1 Å². The van der Waals surface area contributed by atoms with E-state index < -0.39 is 5.82 Å². The molecular formula is C24H22ClFN4O2. The van der Waals surface area contributed by atoms with E-state index in [2.05, 4.69) is 16.0 Å². The van der Waals surface area contributed by atoms with E-state index in [1.807, 2.05) is 30.1 Å². The highest BCUT2D eigenvalue weighted by molar-refractivity contribution is 6.30. The first kappa shape index (κ1) is 20.7. The van der Waals surface area contributed by atoms with E-state index in [0.717, 1.165) is 40.9 Å². The number of benzene rings is 1. The Kier molecular flexibility index (Phi) is 5.45. The Morgan fingerprint density at radius 2 is 2.00 bits per heavy atom. The molecule has 0 aliphatic carbocycles. The van der Waals surface area contributed by atoms with Gasteiger partial charge in [-0.2, -0.15) is 0 Å². The Morgan fingerprint density at radius 3 is 2.78 bits per heavy atom. The van der Waals surface area contributed by atoms with Crippen LogP contribution in [0.15, 0.2) is 59.8 Å². The second-order valence-corrected chi connectivity index (χ2v) is 8.32. The van der Waals surface area contributed by atoms with Crippen LogP contribution in [0.2, 0.25) is 5.02 Å². The molecule has 8 heteroatoms. The molecule has 0 bridgehead atoms. The standard InChI is InChI=1S/C24H22ClFN4O2/c1-28-15-20(19-12-18(13-27-24(19)28)29-7-9-32-10-8-29)16-5-6-30(22(31)11-16)14-17-3-2-4-21(25)23(17)26/h2-6,11-13,15H,7-10,14H2,1H3. The smallest absolute Gasteiger partial charge is 0.251 e. The van der Waals surface area contributed by atoms with E-state index in [4.69, 9.17) is 16.3 Å². The van der Waals surface area contributed by atoms with Gasteiger partial charge in [-0.15, -0.1) is 0 Å². The molecule has 1 aliphatic heterocycles. The highest BCUT2D eigenvalue weighted by atomic mass is 35.5. The first-order chi connectivity index (χ1) is 15.5. The van der Waals surface area contributed by atoms with E-state index in [1.165, 1.54) is 10.6 Å². The Morgan fingerprint density at radius 1 is 1.19 bits per heavy atom. The number of hydrogen-bond acceptors (Lipinski definition) is 4. The lowest BCUT2D eigenvalue weighted by Gasteiger charge is -2.28. The van der Waals surface area contributed by atoms with Crippen molar-refractivity contribution in [2.24, 2.45) is 7.05 Å². The number of morpholine rings is 1. The molecule has 0 saturated carbocycles. The summed E-state index contributed by atoms with van der Waals surface area (Å²) in [6.45, 7) is 3.16. The van der Waals surface area contributed by atoms with Gasteiger partial charge in [-0.3, -0.25) is 4.79 Å². The normalized spacial score (nSPS) is 14.3. The van der Waals surface area contributed by atoms with Gasteiger partial charge >= 0.3 is 0 Å². The van der Waals surface area contributed by atoms with Crippen molar-refractivity contribution >= 4 is 28.3 Å². The van der Waals surface area contributed by atoms with Crippen molar-refractivity contribution in [3.8, 4) is 11.1 Å². The SMILES string of the molecule is Cn1cc(-c2ccn(Cc3cccc(Cl)c3F)c(=O)c2)c2cc(N3CCOCC3)cnc21. The number of hydrogen-bond donors (Lipinski definition) is 0. The van der Waals surface area contributed by atoms with Crippen LogP contribution < -0.4 is 10.5 Å². The number of aryl methyl sites for hydroxylation is 1. The molecule has 0 radical (unpaired) electrons. The molecule has 1 fully saturated rings. The first-order valence-electron chi connectivity index (χ1n) is 10.4. The maximum Gasteiger partial charge on any atom is 0.251 e. The van der Waals surface area contributed by atoms with Gasteiger partial charge in [-0.05, 0) is 23.8 Å². The van der Waals surface area contributed by atoms with E-state index in [-0.39, 0.29) is 17.1 Å². The van der Waals surface area contributed by atoms with Crippen LogP contribution in [0.5, 0.6) is 0 Å². The molecule has 0 N–H and O–H groups in total. The first-order valence-corrected chi connectivity index (χ1v) is 10.8. The van der Waals surface area contributed by atoms with Crippen LogP contribution in [0.25, 0.3) is 22.2 Å². The monoisotopic (exact) mass is 452 g/mol. The summed E-state index contributed by atoms with van der Waals surface area (Å²) in [5.74, 6) is -0.499. The Bertz CT molecular complexity index is 1360. The molecule has 1 aromatic carbocycles. The minimum Gasteiger partial charge on any atom is -0.378 e. The van der Waals surface area contributed by atoms with Gasteiger partial charge in [0.2, 0.25) is 0 Å². The molecule has 0 spiro atoms. The summed E-state index contributed by atoms with van der Waals surface area (Å²) in [6, 6.07) is 10.4. The zero-order valence-electron chi connectivity index (χ0n) is 17.6. The summed E-state index contributed by atoms with van der Waals surface area (Å²) in [6.07, 6.45) is 5.56. The number of ether oxygens (including phenoxy) is 1. The molecule has 0 atom stereocenters. The highest BCUT2D eigenvalue weighted by Gasteiger charge is 2.16. The fraction of sp³-hybridized carbons (Fsp3) is 0.250. The summed E-state index contributed by atoms with van der Waals surface area (Å²) >= 11 is 5.87. The zero-order valence-corrected chi connectivity index (χ0v) is 18.3. The summed E-state index contributed by atoms with van der Waals surface area (Å²) in [7, 11) is 1.94. The maximum atomic E-state index is 14.3. The highest BCUT2D eigenvalue weighted by Crippen LogP contribution is 2.31. The zero-order chi connectivity index (χ0) is 22.2.